The number of rotatable bonds is 5. The van der Waals surface area contributed by atoms with Crippen molar-refractivity contribution in [1.29, 1.82) is 0 Å². The third-order valence-electron chi connectivity index (χ3n) is 3.26. The van der Waals surface area contributed by atoms with Crippen molar-refractivity contribution in [3.63, 3.8) is 0 Å². The van der Waals surface area contributed by atoms with Crippen LogP contribution in [0.15, 0.2) is 52.4 Å². The number of carbonyl (C=O) groups excluding carboxylic acids is 2. The zero-order valence-electron chi connectivity index (χ0n) is 14.5. The maximum atomic E-state index is 11.7. The number of ketones is 2. The Labute approximate surface area is 138 Å². The number of hydrogen-bond donors (Lipinski definition) is 1. The Balaban J connectivity index is 3.00. The summed E-state index contributed by atoms with van der Waals surface area (Å²) in [6, 6.07) is 0. The highest BCUT2D eigenvalue weighted by Crippen LogP contribution is 2.24. The minimum absolute atomic E-state index is 0.0455. The average molecular weight is 315 g/mol. The van der Waals surface area contributed by atoms with Crippen molar-refractivity contribution < 1.29 is 14.7 Å². The van der Waals surface area contributed by atoms with Gasteiger partial charge in [0.25, 0.3) is 0 Å². The first-order valence-corrected chi connectivity index (χ1v) is 7.64. The van der Waals surface area contributed by atoms with E-state index in [4.69, 9.17) is 0 Å². The number of Topliss-reactive ketones (excluding diaryl/α,β-unsaturated/α-hetero) is 2. The van der Waals surface area contributed by atoms with Crippen molar-refractivity contribution in [3.8, 4) is 0 Å². The van der Waals surface area contributed by atoms with Gasteiger partial charge in [-0.2, -0.15) is 0 Å². The molecule has 0 aliphatic heterocycles. The van der Waals surface area contributed by atoms with Crippen LogP contribution in [0.25, 0.3) is 0 Å². The van der Waals surface area contributed by atoms with Crippen LogP contribution in [0, 0.1) is 11.3 Å². The van der Waals surface area contributed by atoms with Crippen LogP contribution in [0.1, 0.15) is 41.0 Å². The molecule has 0 aromatic carbocycles. The Morgan fingerprint density at radius 3 is 2.43 bits per heavy atom. The molecular weight excluding hydrogens is 290 g/mol. The minimum Gasteiger partial charge on any atom is -0.511 e. The molecule has 0 bridgehead atoms. The molecule has 23 heavy (non-hydrogen) atoms. The lowest BCUT2D eigenvalue weighted by Gasteiger charge is -2.18. The van der Waals surface area contributed by atoms with E-state index in [1.54, 1.807) is 30.4 Å². The van der Waals surface area contributed by atoms with Gasteiger partial charge in [-0.1, -0.05) is 39.0 Å². The summed E-state index contributed by atoms with van der Waals surface area (Å²) < 4.78 is 0. The first kappa shape index (κ1) is 18.8. The molecule has 0 saturated carbocycles. The molecule has 4 heteroatoms. The quantitative estimate of drug-likeness (QED) is 0.471. The Hall–Kier alpha value is -2.23. The van der Waals surface area contributed by atoms with Gasteiger partial charge in [-0.05, 0) is 31.4 Å². The molecule has 0 saturated heterocycles. The molecule has 0 radical (unpaired) electrons. The van der Waals surface area contributed by atoms with Crippen molar-refractivity contribution in [3.05, 3.63) is 47.4 Å². The van der Waals surface area contributed by atoms with Crippen LogP contribution in [0.2, 0.25) is 0 Å². The lowest BCUT2D eigenvalue weighted by atomic mass is 9.89. The second kappa shape index (κ2) is 7.86. The molecule has 0 aromatic rings. The molecule has 1 atom stereocenters. The molecule has 0 fully saturated rings. The van der Waals surface area contributed by atoms with Crippen LogP contribution in [-0.2, 0) is 9.59 Å². The van der Waals surface area contributed by atoms with Crippen molar-refractivity contribution in [1.82, 2.24) is 0 Å². The highest BCUT2D eigenvalue weighted by Gasteiger charge is 2.17. The zero-order valence-corrected chi connectivity index (χ0v) is 14.5. The van der Waals surface area contributed by atoms with Crippen LogP contribution >= 0.6 is 0 Å². The van der Waals surface area contributed by atoms with E-state index in [9.17, 15) is 14.7 Å². The molecule has 0 spiro atoms. The van der Waals surface area contributed by atoms with Gasteiger partial charge in [-0.15, -0.1) is 0 Å². The predicted molar refractivity (Wildman–Crippen MR) is 93.4 cm³/mol. The standard InChI is InChI=1S/C19H25NO3/c1-13(21)15-7-6-8-16(10-9-15)20-12-17(14(2)22)18(23)11-19(3,4)5/h6-10,12,15,23H,11H2,1-5H3. The third-order valence-corrected chi connectivity index (χ3v) is 3.26. The maximum Gasteiger partial charge on any atom is 0.164 e. The second-order valence-electron chi connectivity index (χ2n) is 6.88. The third kappa shape index (κ3) is 6.59. The zero-order chi connectivity index (χ0) is 17.6. The number of aliphatic hydroxyl groups is 1. The first-order chi connectivity index (χ1) is 10.6. The summed E-state index contributed by atoms with van der Waals surface area (Å²) >= 11 is 0. The number of nitrogens with zero attached hydrogens (tertiary/aromatic N) is 1. The summed E-state index contributed by atoms with van der Waals surface area (Å²) in [5.41, 5.74) is 0.704. The fraction of sp³-hybridized carbons (Fsp3) is 0.421. The fourth-order valence-electron chi connectivity index (χ4n) is 2.06. The van der Waals surface area contributed by atoms with E-state index in [2.05, 4.69) is 4.99 Å². The summed E-state index contributed by atoms with van der Waals surface area (Å²) in [4.78, 5) is 27.4. The summed E-state index contributed by atoms with van der Waals surface area (Å²) in [6.45, 7) is 8.90. The normalized spacial score (nSPS) is 19.3. The molecule has 1 unspecified atom stereocenters. The first-order valence-electron chi connectivity index (χ1n) is 7.64. The van der Waals surface area contributed by atoms with E-state index in [-0.39, 0.29) is 34.2 Å². The molecule has 1 aliphatic rings. The van der Waals surface area contributed by atoms with Gasteiger partial charge in [-0.3, -0.25) is 14.6 Å². The van der Waals surface area contributed by atoms with Crippen molar-refractivity contribution in [2.75, 3.05) is 0 Å². The predicted octanol–water partition coefficient (Wildman–Crippen LogP) is 4.11. The highest BCUT2D eigenvalue weighted by molar-refractivity contribution is 6.12. The Bertz CT molecular complexity index is 625. The van der Waals surface area contributed by atoms with Crippen LogP contribution in [0.5, 0.6) is 0 Å². The van der Waals surface area contributed by atoms with Crippen molar-refractivity contribution in [2.24, 2.45) is 16.3 Å². The number of allylic oxidation sites excluding steroid dienone is 7. The van der Waals surface area contributed by atoms with E-state index >= 15 is 0 Å². The summed E-state index contributed by atoms with van der Waals surface area (Å²) in [5, 5.41) is 10.2. The smallest absolute Gasteiger partial charge is 0.164 e. The van der Waals surface area contributed by atoms with Gasteiger partial charge in [0, 0.05) is 12.6 Å². The second-order valence-corrected chi connectivity index (χ2v) is 6.88. The number of hydrogen-bond acceptors (Lipinski definition) is 4. The molecule has 4 nitrogen and oxygen atoms in total. The van der Waals surface area contributed by atoms with E-state index in [1.807, 2.05) is 20.8 Å². The van der Waals surface area contributed by atoms with Gasteiger partial charge < -0.3 is 5.11 Å². The van der Waals surface area contributed by atoms with Crippen LogP contribution in [0.4, 0.5) is 0 Å². The molecule has 0 heterocycles. The van der Waals surface area contributed by atoms with Gasteiger partial charge >= 0.3 is 0 Å². The van der Waals surface area contributed by atoms with Crippen LogP contribution in [0.3, 0.4) is 0 Å². The lowest BCUT2D eigenvalue weighted by molar-refractivity contribution is -0.118. The largest absolute Gasteiger partial charge is 0.511 e. The highest BCUT2D eigenvalue weighted by atomic mass is 16.3. The minimum atomic E-state index is -0.254. The van der Waals surface area contributed by atoms with E-state index in [0.717, 1.165) is 0 Å². The van der Waals surface area contributed by atoms with Gasteiger partial charge in [0.15, 0.2) is 5.78 Å². The van der Waals surface area contributed by atoms with E-state index in [1.165, 1.54) is 20.1 Å². The maximum absolute atomic E-state index is 11.7. The van der Waals surface area contributed by atoms with Crippen molar-refractivity contribution in [2.45, 2.75) is 41.0 Å². The van der Waals surface area contributed by atoms with E-state index < -0.39 is 0 Å². The molecular formula is C19H25NO3. The lowest BCUT2D eigenvalue weighted by Crippen LogP contribution is -2.11. The molecule has 1 rings (SSSR count). The topological polar surface area (TPSA) is 66.7 Å². The Morgan fingerprint density at radius 2 is 1.91 bits per heavy atom. The van der Waals surface area contributed by atoms with Gasteiger partial charge in [-0.25, -0.2) is 0 Å². The monoisotopic (exact) mass is 315 g/mol. The summed E-state index contributed by atoms with van der Waals surface area (Å²) in [7, 11) is 0. The molecule has 0 aromatic heterocycles. The van der Waals surface area contributed by atoms with E-state index in [0.29, 0.717) is 12.1 Å². The molecule has 1 N–H and O–H groups in total. The molecule has 1 aliphatic carbocycles. The molecule has 124 valence electrons. The van der Waals surface area contributed by atoms with Gasteiger partial charge in [0.2, 0.25) is 0 Å². The number of carbonyl (C=O) groups is 2. The van der Waals surface area contributed by atoms with Gasteiger partial charge in [0.05, 0.1) is 17.2 Å². The van der Waals surface area contributed by atoms with Gasteiger partial charge in [0.1, 0.15) is 11.5 Å². The summed E-state index contributed by atoms with van der Waals surface area (Å²) in [5.74, 6) is -0.380. The van der Waals surface area contributed by atoms with Crippen LogP contribution < -0.4 is 0 Å². The fourth-order valence-corrected chi connectivity index (χ4v) is 2.06. The summed E-state index contributed by atoms with van der Waals surface area (Å²) in [6.07, 6.45) is 10.6. The Morgan fingerprint density at radius 1 is 1.26 bits per heavy atom. The number of aliphatic hydroxyl groups excluding tert-OH is 1. The Kier molecular flexibility index (Phi) is 6.43. The van der Waals surface area contributed by atoms with Crippen LogP contribution in [-0.4, -0.2) is 22.9 Å². The molecule has 0 amide bonds. The average Bonchev–Trinajstić information content (AvgIpc) is 2.62. The van der Waals surface area contributed by atoms with Crippen molar-refractivity contribution >= 4 is 17.8 Å². The number of aliphatic imine (C=N–C) groups is 1. The SMILES string of the molecule is CC(=O)C(C=NC1=CC=CC(C(C)=O)C=C1)=C(O)CC(C)(C)C.